The number of rotatable bonds is 9. The zero-order valence-electron chi connectivity index (χ0n) is 11.6. The van der Waals surface area contributed by atoms with E-state index in [1.165, 1.54) is 4.90 Å². The Morgan fingerprint density at radius 1 is 1.25 bits per heavy atom. The number of nitrogens with zero attached hydrogens (tertiary/aromatic N) is 4. The van der Waals surface area contributed by atoms with Crippen LogP contribution >= 0.6 is 0 Å². The van der Waals surface area contributed by atoms with Crippen LogP contribution in [0.1, 0.15) is 13.8 Å². The van der Waals surface area contributed by atoms with Crippen LogP contribution in [0, 0.1) is 0 Å². The molecule has 8 nitrogen and oxygen atoms in total. The van der Waals surface area contributed by atoms with E-state index >= 15 is 0 Å². The lowest BCUT2D eigenvalue weighted by Crippen LogP contribution is -2.31. The summed E-state index contributed by atoms with van der Waals surface area (Å²) in [5, 5.41) is 8.91. The molecule has 0 bridgehead atoms. The van der Waals surface area contributed by atoms with Crippen molar-refractivity contribution in [3.63, 3.8) is 0 Å². The Morgan fingerprint density at radius 2 is 1.80 bits per heavy atom. The zero-order chi connectivity index (χ0) is 15.0. The molecule has 0 saturated carbocycles. The summed E-state index contributed by atoms with van der Waals surface area (Å²) < 4.78 is 10.4. The summed E-state index contributed by atoms with van der Waals surface area (Å²) in [5.41, 5.74) is 0. The fraction of sp³-hybridized carbons (Fsp3) is 0.500. The number of aliphatic carboxylic acids is 1. The number of carboxylic acids is 1. The lowest BCUT2D eigenvalue weighted by atomic mass is 10.5. The van der Waals surface area contributed by atoms with E-state index in [4.69, 9.17) is 14.6 Å². The van der Waals surface area contributed by atoms with E-state index in [9.17, 15) is 4.79 Å². The lowest BCUT2D eigenvalue weighted by Gasteiger charge is -2.19. The molecule has 1 rings (SSSR count). The molecule has 20 heavy (non-hydrogen) atoms. The summed E-state index contributed by atoms with van der Waals surface area (Å²) in [7, 11) is 0. The van der Waals surface area contributed by atoms with Crippen LogP contribution in [0.4, 0.5) is 5.95 Å². The SMILES string of the molecule is C=CCN(CC(=O)O)c1nc(OCC)nc(OCC)n1. The van der Waals surface area contributed by atoms with Crippen LogP contribution in [-0.4, -0.2) is 52.3 Å². The molecule has 0 unspecified atom stereocenters. The number of anilines is 1. The van der Waals surface area contributed by atoms with Crippen molar-refractivity contribution in [3.8, 4) is 12.0 Å². The smallest absolute Gasteiger partial charge is 0.324 e. The van der Waals surface area contributed by atoms with Gasteiger partial charge in [0.2, 0.25) is 5.95 Å². The molecule has 0 aromatic carbocycles. The van der Waals surface area contributed by atoms with Gasteiger partial charge in [-0.15, -0.1) is 11.6 Å². The van der Waals surface area contributed by atoms with Gasteiger partial charge >= 0.3 is 18.0 Å². The average Bonchev–Trinajstić information content (AvgIpc) is 2.38. The third kappa shape index (κ3) is 4.71. The van der Waals surface area contributed by atoms with Crippen molar-refractivity contribution < 1.29 is 19.4 Å². The number of ether oxygens (including phenoxy) is 2. The van der Waals surface area contributed by atoms with E-state index in [0.29, 0.717) is 13.2 Å². The first kappa shape index (κ1) is 15.7. The lowest BCUT2D eigenvalue weighted by molar-refractivity contribution is -0.135. The van der Waals surface area contributed by atoms with Crippen molar-refractivity contribution in [2.45, 2.75) is 13.8 Å². The molecular formula is C12H18N4O4. The minimum absolute atomic E-state index is 0.0976. The van der Waals surface area contributed by atoms with Gasteiger partial charge in [0.1, 0.15) is 6.54 Å². The largest absolute Gasteiger partial charge is 0.480 e. The van der Waals surface area contributed by atoms with Gasteiger partial charge < -0.3 is 19.5 Å². The monoisotopic (exact) mass is 282 g/mol. The van der Waals surface area contributed by atoms with Crippen molar-refractivity contribution in [2.75, 3.05) is 31.2 Å². The normalized spacial score (nSPS) is 9.90. The third-order valence-corrected chi connectivity index (χ3v) is 2.09. The fourth-order valence-corrected chi connectivity index (χ4v) is 1.39. The van der Waals surface area contributed by atoms with Gasteiger partial charge in [-0.1, -0.05) is 6.08 Å². The summed E-state index contributed by atoms with van der Waals surface area (Å²) in [4.78, 5) is 24.4. The first-order valence-corrected chi connectivity index (χ1v) is 6.20. The predicted octanol–water partition coefficient (Wildman–Crippen LogP) is 0.746. The summed E-state index contributed by atoms with van der Waals surface area (Å²) in [5.74, 6) is -0.822. The first-order valence-electron chi connectivity index (χ1n) is 6.20. The van der Waals surface area contributed by atoms with E-state index in [1.54, 1.807) is 19.9 Å². The maximum absolute atomic E-state index is 10.9. The molecule has 0 atom stereocenters. The van der Waals surface area contributed by atoms with Gasteiger partial charge in [0.05, 0.1) is 13.2 Å². The maximum Gasteiger partial charge on any atom is 0.324 e. The summed E-state index contributed by atoms with van der Waals surface area (Å²) in [6.07, 6.45) is 1.56. The number of carbonyl (C=O) groups is 1. The molecule has 0 spiro atoms. The van der Waals surface area contributed by atoms with E-state index in [0.717, 1.165) is 0 Å². The van der Waals surface area contributed by atoms with Gasteiger partial charge in [0, 0.05) is 6.54 Å². The molecule has 1 aromatic rings. The fourth-order valence-electron chi connectivity index (χ4n) is 1.39. The van der Waals surface area contributed by atoms with Gasteiger partial charge in [0.25, 0.3) is 0 Å². The molecule has 0 amide bonds. The Morgan fingerprint density at radius 3 is 2.20 bits per heavy atom. The second-order valence-corrected chi connectivity index (χ2v) is 3.63. The van der Waals surface area contributed by atoms with E-state index in [-0.39, 0.29) is 31.1 Å². The van der Waals surface area contributed by atoms with Gasteiger partial charge in [0.15, 0.2) is 0 Å². The van der Waals surface area contributed by atoms with Crippen molar-refractivity contribution in [3.05, 3.63) is 12.7 Å². The van der Waals surface area contributed by atoms with Crippen LogP contribution in [0.25, 0.3) is 0 Å². The van der Waals surface area contributed by atoms with Gasteiger partial charge in [-0.3, -0.25) is 4.79 Å². The van der Waals surface area contributed by atoms with Gasteiger partial charge in [-0.05, 0) is 13.8 Å². The van der Waals surface area contributed by atoms with Crippen LogP contribution in [0.15, 0.2) is 12.7 Å². The van der Waals surface area contributed by atoms with Crippen LogP contribution in [0.2, 0.25) is 0 Å². The second-order valence-electron chi connectivity index (χ2n) is 3.63. The number of carboxylic acid groups (broad SMARTS) is 1. The molecule has 1 heterocycles. The second kappa shape index (κ2) is 7.93. The topological polar surface area (TPSA) is 97.7 Å². The maximum atomic E-state index is 10.9. The number of aromatic nitrogens is 3. The highest BCUT2D eigenvalue weighted by atomic mass is 16.5. The van der Waals surface area contributed by atoms with Crippen molar-refractivity contribution >= 4 is 11.9 Å². The molecule has 8 heteroatoms. The van der Waals surface area contributed by atoms with Gasteiger partial charge in [-0.25, -0.2) is 0 Å². The van der Waals surface area contributed by atoms with E-state index in [2.05, 4.69) is 21.5 Å². The van der Waals surface area contributed by atoms with Crippen molar-refractivity contribution in [1.29, 1.82) is 0 Å². The zero-order valence-corrected chi connectivity index (χ0v) is 11.6. The van der Waals surface area contributed by atoms with Crippen LogP contribution in [0.3, 0.4) is 0 Å². The highest BCUT2D eigenvalue weighted by Crippen LogP contribution is 2.16. The molecule has 1 N–H and O–H groups in total. The minimum atomic E-state index is -0.997. The Bertz CT molecular complexity index is 443. The standard InChI is InChI=1S/C12H18N4O4/c1-4-7-16(8-9(17)18)10-13-11(19-5-2)15-12(14-10)20-6-3/h4H,1,5-8H2,2-3H3,(H,17,18). The van der Waals surface area contributed by atoms with Crippen molar-refractivity contribution in [2.24, 2.45) is 0 Å². The van der Waals surface area contributed by atoms with E-state index in [1.807, 2.05) is 0 Å². The highest BCUT2D eigenvalue weighted by Gasteiger charge is 2.16. The number of hydrogen-bond acceptors (Lipinski definition) is 7. The third-order valence-electron chi connectivity index (χ3n) is 2.09. The molecule has 0 aliphatic rings. The summed E-state index contributed by atoms with van der Waals surface area (Å²) in [6.45, 7) is 7.97. The molecule has 110 valence electrons. The van der Waals surface area contributed by atoms with Crippen LogP contribution in [-0.2, 0) is 4.79 Å². The van der Waals surface area contributed by atoms with Crippen LogP contribution < -0.4 is 14.4 Å². The molecule has 0 fully saturated rings. The summed E-state index contributed by atoms with van der Waals surface area (Å²) >= 11 is 0. The highest BCUT2D eigenvalue weighted by molar-refractivity contribution is 5.72. The molecule has 0 aliphatic heterocycles. The number of hydrogen-bond donors (Lipinski definition) is 1. The minimum Gasteiger partial charge on any atom is -0.480 e. The molecule has 1 aromatic heterocycles. The van der Waals surface area contributed by atoms with E-state index < -0.39 is 5.97 Å². The molecular weight excluding hydrogens is 264 g/mol. The van der Waals surface area contributed by atoms with Crippen molar-refractivity contribution in [1.82, 2.24) is 15.0 Å². The Labute approximate surface area is 117 Å². The molecule has 0 aliphatic carbocycles. The summed E-state index contributed by atoms with van der Waals surface area (Å²) in [6, 6.07) is 0.195. The van der Waals surface area contributed by atoms with Crippen LogP contribution in [0.5, 0.6) is 12.0 Å². The Hall–Kier alpha value is -2.38. The average molecular weight is 282 g/mol. The molecule has 0 radical (unpaired) electrons. The quantitative estimate of drug-likeness (QED) is 0.662. The predicted molar refractivity (Wildman–Crippen MR) is 72.2 cm³/mol. The Balaban J connectivity index is 3.09. The first-order chi connectivity index (χ1) is 9.60. The molecule has 0 saturated heterocycles. The Kier molecular flexibility index (Phi) is 6.21. The van der Waals surface area contributed by atoms with Gasteiger partial charge in [-0.2, -0.15) is 9.97 Å².